The highest BCUT2D eigenvalue weighted by Gasteiger charge is 2.25. The van der Waals surface area contributed by atoms with Crippen molar-refractivity contribution in [2.24, 2.45) is 5.92 Å². The number of carbonyl (C=O) groups is 2. The first kappa shape index (κ1) is 19.4. The molecule has 1 aliphatic rings. The standard InChI is InChI=1S/C18H17FN2O4S2/c1-11(18(23)20-13-4-2-3-12(19)7-13)10-27(24,25)14-5-6-16-15(8-14)21-17(22)9-26-16/h2-8,11H,9-10H2,1H3,(H,20,23)(H,21,22). The van der Waals surface area contributed by atoms with E-state index in [4.69, 9.17) is 0 Å². The van der Waals surface area contributed by atoms with Crippen LogP contribution in [-0.2, 0) is 19.4 Å². The van der Waals surface area contributed by atoms with E-state index in [1.165, 1.54) is 49.0 Å². The summed E-state index contributed by atoms with van der Waals surface area (Å²) in [5, 5.41) is 5.16. The zero-order chi connectivity index (χ0) is 19.6. The first-order chi connectivity index (χ1) is 12.7. The van der Waals surface area contributed by atoms with Gasteiger partial charge in [-0.3, -0.25) is 9.59 Å². The van der Waals surface area contributed by atoms with Crippen LogP contribution in [0, 0.1) is 11.7 Å². The lowest BCUT2D eigenvalue weighted by Gasteiger charge is -2.18. The number of anilines is 2. The molecule has 3 rings (SSSR count). The molecule has 6 nitrogen and oxygen atoms in total. The molecule has 2 aromatic carbocycles. The van der Waals surface area contributed by atoms with Crippen LogP contribution in [0.3, 0.4) is 0 Å². The normalized spacial score (nSPS) is 14.8. The van der Waals surface area contributed by atoms with Gasteiger partial charge in [-0.2, -0.15) is 0 Å². The maximum absolute atomic E-state index is 13.2. The minimum Gasteiger partial charge on any atom is -0.326 e. The van der Waals surface area contributed by atoms with Gasteiger partial charge in [0, 0.05) is 16.5 Å². The van der Waals surface area contributed by atoms with Gasteiger partial charge in [-0.25, -0.2) is 12.8 Å². The molecule has 1 unspecified atom stereocenters. The average Bonchev–Trinajstić information content (AvgIpc) is 2.60. The number of hydrogen-bond acceptors (Lipinski definition) is 5. The number of thioether (sulfide) groups is 1. The Morgan fingerprint density at radius 2 is 2.07 bits per heavy atom. The minimum atomic E-state index is -3.75. The van der Waals surface area contributed by atoms with Gasteiger partial charge in [0.15, 0.2) is 9.84 Å². The number of sulfone groups is 1. The molecule has 0 aromatic heterocycles. The largest absolute Gasteiger partial charge is 0.326 e. The Bertz CT molecular complexity index is 1010. The van der Waals surface area contributed by atoms with Gasteiger partial charge in [0.25, 0.3) is 0 Å². The van der Waals surface area contributed by atoms with Crippen LogP contribution in [0.25, 0.3) is 0 Å². The third kappa shape index (κ3) is 4.67. The lowest BCUT2D eigenvalue weighted by atomic mass is 10.2. The Kier molecular flexibility index (Phi) is 5.52. The van der Waals surface area contributed by atoms with E-state index in [2.05, 4.69) is 10.6 Å². The summed E-state index contributed by atoms with van der Waals surface area (Å²) in [4.78, 5) is 24.6. The van der Waals surface area contributed by atoms with Gasteiger partial charge in [0.05, 0.1) is 22.1 Å². The van der Waals surface area contributed by atoms with Gasteiger partial charge >= 0.3 is 0 Å². The summed E-state index contributed by atoms with van der Waals surface area (Å²) in [5.74, 6) is -2.18. The van der Waals surface area contributed by atoms with Crippen molar-refractivity contribution in [3.8, 4) is 0 Å². The molecule has 2 aromatic rings. The minimum absolute atomic E-state index is 0.0365. The highest BCUT2D eigenvalue weighted by molar-refractivity contribution is 8.00. The molecule has 0 fully saturated rings. The van der Waals surface area contributed by atoms with E-state index in [1.807, 2.05) is 0 Å². The van der Waals surface area contributed by atoms with Crippen LogP contribution in [-0.4, -0.2) is 31.7 Å². The Morgan fingerprint density at radius 1 is 1.30 bits per heavy atom. The third-order valence-corrected chi connectivity index (χ3v) is 6.94. The summed E-state index contributed by atoms with van der Waals surface area (Å²) in [5.41, 5.74) is 0.715. The lowest BCUT2D eigenvalue weighted by molar-refractivity contribution is -0.118. The predicted octanol–water partition coefficient (Wildman–Crippen LogP) is 2.92. The Hall–Kier alpha value is -2.39. The van der Waals surface area contributed by atoms with E-state index in [1.54, 1.807) is 6.07 Å². The topological polar surface area (TPSA) is 92.3 Å². The number of nitrogens with one attached hydrogen (secondary N) is 2. The second-order valence-corrected chi connectivity index (χ2v) is 9.23. The molecule has 0 spiro atoms. The summed E-state index contributed by atoms with van der Waals surface area (Å²) in [6, 6.07) is 9.89. The molecule has 1 heterocycles. The Balaban J connectivity index is 1.73. The number of hydrogen-bond donors (Lipinski definition) is 2. The highest BCUT2D eigenvalue weighted by atomic mass is 32.2. The van der Waals surface area contributed by atoms with Crippen molar-refractivity contribution in [3.05, 3.63) is 48.3 Å². The van der Waals surface area contributed by atoms with Gasteiger partial charge in [0.2, 0.25) is 11.8 Å². The molecule has 2 amide bonds. The van der Waals surface area contributed by atoms with Crippen LogP contribution >= 0.6 is 11.8 Å². The van der Waals surface area contributed by atoms with Crippen LogP contribution in [0.5, 0.6) is 0 Å². The fourth-order valence-electron chi connectivity index (χ4n) is 2.59. The molecule has 0 bridgehead atoms. The van der Waals surface area contributed by atoms with E-state index < -0.39 is 33.2 Å². The first-order valence-corrected chi connectivity index (χ1v) is 10.7. The number of benzene rings is 2. The zero-order valence-electron chi connectivity index (χ0n) is 14.4. The molecule has 1 atom stereocenters. The summed E-state index contributed by atoms with van der Waals surface area (Å²) in [6.07, 6.45) is 0. The van der Waals surface area contributed by atoms with Crippen molar-refractivity contribution in [3.63, 3.8) is 0 Å². The summed E-state index contributed by atoms with van der Waals surface area (Å²) >= 11 is 1.34. The molecular weight excluding hydrogens is 391 g/mol. The predicted molar refractivity (Wildman–Crippen MR) is 102 cm³/mol. The van der Waals surface area contributed by atoms with Crippen LogP contribution < -0.4 is 10.6 Å². The number of carbonyl (C=O) groups excluding carboxylic acids is 2. The van der Waals surface area contributed by atoms with Gasteiger partial charge in [-0.05, 0) is 36.4 Å². The third-order valence-electron chi connectivity index (χ3n) is 3.95. The van der Waals surface area contributed by atoms with Gasteiger partial charge < -0.3 is 10.6 Å². The summed E-state index contributed by atoms with van der Waals surface area (Å²) in [6.45, 7) is 1.49. The summed E-state index contributed by atoms with van der Waals surface area (Å²) in [7, 11) is -3.75. The number of rotatable bonds is 5. The van der Waals surface area contributed by atoms with E-state index >= 15 is 0 Å². The van der Waals surface area contributed by atoms with E-state index in [0.29, 0.717) is 5.69 Å². The maximum Gasteiger partial charge on any atom is 0.234 e. The van der Waals surface area contributed by atoms with Crippen LogP contribution in [0.2, 0.25) is 0 Å². The average molecular weight is 408 g/mol. The van der Waals surface area contributed by atoms with Crippen LogP contribution in [0.4, 0.5) is 15.8 Å². The molecule has 1 aliphatic heterocycles. The molecule has 0 saturated carbocycles. The fourth-order valence-corrected chi connectivity index (χ4v) is 4.95. The van der Waals surface area contributed by atoms with Gasteiger partial charge in [-0.15, -0.1) is 11.8 Å². The molecule has 27 heavy (non-hydrogen) atoms. The zero-order valence-corrected chi connectivity index (χ0v) is 16.0. The second kappa shape index (κ2) is 7.69. The van der Waals surface area contributed by atoms with Gasteiger partial charge in [-0.1, -0.05) is 13.0 Å². The molecule has 0 radical (unpaired) electrons. The van der Waals surface area contributed by atoms with Crippen LogP contribution in [0.1, 0.15) is 6.92 Å². The molecule has 0 saturated heterocycles. The van der Waals surface area contributed by atoms with Crippen molar-refractivity contribution in [1.82, 2.24) is 0 Å². The molecule has 2 N–H and O–H groups in total. The molecule has 9 heteroatoms. The SMILES string of the molecule is CC(CS(=O)(=O)c1ccc2c(c1)NC(=O)CS2)C(=O)Nc1cccc(F)c1. The van der Waals surface area contributed by atoms with Crippen molar-refractivity contribution in [2.45, 2.75) is 16.7 Å². The van der Waals surface area contributed by atoms with Crippen LogP contribution in [0.15, 0.2) is 52.3 Å². The van der Waals surface area contributed by atoms with Crippen molar-refractivity contribution >= 4 is 44.8 Å². The van der Waals surface area contributed by atoms with Crippen molar-refractivity contribution < 1.29 is 22.4 Å². The van der Waals surface area contributed by atoms with Crippen molar-refractivity contribution in [2.75, 3.05) is 22.1 Å². The second-order valence-electron chi connectivity index (χ2n) is 6.18. The molecule has 142 valence electrons. The highest BCUT2D eigenvalue weighted by Crippen LogP contribution is 2.33. The number of fused-ring (bicyclic) bond motifs is 1. The number of amides is 2. The summed E-state index contributed by atoms with van der Waals surface area (Å²) < 4.78 is 38.5. The van der Waals surface area contributed by atoms with E-state index in [0.717, 1.165) is 11.0 Å². The Morgan fingerprint density at radius 3 is 2.81 bits per heavy atom. The quantitative estimate of drug-likeness (QED) is 0.794. The van der Waals surface area contributed by atoms with Gasteiger partial charge in [0.1, 0.15) is 5.82 Å². The Labute approximate surface area is 160 Å². The van der Waals surface area contributed by atoms with E-state index in [9.17, 15) is 22.4 Å². The molecular formula is C18H17FN2O4S2. The monoisotopic (exact) mass is 408 g/mol. The van der Waals surface area contributed by atoms with Crippen molar-refractivity contribution in [1.29, 1.82) is 0 Å². The van der Waals surface area contributed by atoms with E-state index in [-0.39, 0.29) is 22.2 Å². The number of halogens is 1. The maximum atomic E-state index is 13.2. The lowest BCUT2D eigenvalue weighted by Crippen LogP contribution is -2.27. The smallest absolute Gasteiger partial charge is 0.234 e. The fraction of sp³-hybridized carbons (Fsp3) is 0.222. The molecule has 0 aliphatic carbocycles. The first-order valence-electron chi connectivity index (χ1n) is 8.10.